The van der Waals surface area contributed by atoms with Crippen molar-refractivity contribution in [1.29, 1.82) is 0 Å². The number of carbonyl (C=O) groups is 2. The van der Waals surface area contributed by atoms with Gasteiger partial charge in [0.05, 0.1) is 6.42 Å². The normalized spacial score (nSPS) is 12.9. The molecule has 2 rings (SSSR count). The van der Waals surface area contributed by atoms with Crippen LogP contribution in [0.3, 0.4) is 0 Å². The minimum Gasteiger partial charge on any atom is -0.352 e. The zero-order chi connectivity index (χ0) is 21.6. The number of amides is 2. The molecule has 0 spiro atoms. The lowest BCUT2D eigenvalue weighted by Gasteiger charge is -2.30. The van der Waals surface area contributed by atoms with E-state index in [9.17, 15) is 14.0 Å². The molecule has 0 aliphatic heterocycles. The summed E-state index contributed by atoms with van der Waals surface area (Å²) in [5.74, 6) is -1.20. The standard InChI is InChI=1S/C22H25Cl2FN2O2/c1-4-14(2)26-22(29)15(3)27(13-16-8-10-17(23)11-9-16)21(28)12-18-19(24)6-5-7-20(18)25/h5-11,14-15H,4,12-13H2,1-3H3,(H,26,29)/t14-,15-/m1/s1. The molecule has 156 valence electrons. The Balaban J connectivity index is 2.28. The van der Waals surface area contributed by atoms with Gasteiger partial charge in [0, 0.05) is 28.2 Å². The highest BCUT2D eigenvalue weighted by Gasteiger charge is 2.28. The Labute approximate surface area is 181 Å². The molecule has 1 N–H and O–H groups in total. The van der Waals surface area contributed by atoms with Gasteiger partial charge in [-0.1, -0.05) is 48.3 Å². The van der Waals surface area contributed by atoms with Crippen molar-refractivity contribution in [2.75, 3.05) is 0 Å². The van der Waals surface area contributed by atoms with Crippen LogP contribution in [-0.4, -0.2) is 28.8 Å². The first-order valence-electron chi connectivity index (χ1n) is 9.50. The Kier molecular flexibility index (Phi) is 8.47. The lowest BCUT2D eigenvalue weighted by molar-refractivity contribution is -0.140. The van der Waals surface area contributed by atoms with Gasteiger partial charge in [0.25, 0.3) is 0 Å². The Morgan fingerprint density at radius 3 is 2.34 bits per heavy atom. The lowest BCUT2D eigenvalue weighted by atomic mass is 10.1. The minimum atomic E-state index is -0.738. The second-order valence-electron chi connectivity index (χ2n) is 7.02. The summed E-state index contributed by atoms with van der Waals surface area (Å²) in [5.41, 5.74) is 0.931. The van der Waals surface area contributed by atoms with E-state index in [1.54, 1.807) is 31.2 Å². The first-order valence-corrected chi connectivity index (χ1v) is 10.3. The fourth-order valence-corrected chi connectivity index (χ4v) is 3.14. The van der Waals surface area contributed by atoms with Gasteiger partial charge in [-0.05, 0) is 50.1 Å². The minimum absolute atomic E-state index is 0.0153. The summed E-state index contributed by atoms with van der Waals surface area (Å²) in [7, 11) is 0. The van der Waals surface area contributed by atoms with Crippen LogP contribution in [-0.2, 0) is 22.6 Å². The number of nitrogens with one attached hydrogen (secondary N) is 1. The lowest BCUT2D eigenvalue weighted by Crippen LogP contribution is -2.50. The molecule has 2 aromatic carbocycles. The van der Waals surface area contributed by atoms with Crippen LogP contribution in [0.15, 0.2) is 42.5 Å². The maximum atomic E-state index is 14.2. The molecule has 29 heavy (non-hydrogen) atoms. The molecule has 2 amide bonds. The van der Waals surface area contributed by atoms with Crippen molar-refractivity contribution < 1.29 is 14.0 Å². The zero-order valence-corrected chi connectivity index (χ0v) is 18.2. The average Bonchev–Trinajstić information content (AvgIpc) is 2.69. The van der Waals surface area contributed by atoms with Crippen molar-refractivity contribution in [1.82, 2.24) is 10.2 Å². The maximum absolute atomic E-state index is 14.2. The molecule has 0 unspecified atom stereocenters. The summed E-state index contributed by atoms with van der Waals surface area (Å²) < 4.78 is 14.2. The first kappa shape index (κ1) is 23.2. The van der Waals surface area contributed by atoms with Gasteiger partial charge in [-0.3, -0.25) is 9.59 Å². The number of hydrogen-bond acceptors (Lipinski definition) is 2. The van der Waals surface area contributed by atoms with Gasteiger partial charge < -0.3 is 10.2 Å². The third-order valence-electron chi connectivity index (χ3n) is 4.82. The number of halogens is 3. The smallest absolute Gasteiger partial charge is 0.242 e. The molecule has 0 aliphatic rings. The maximum Gasteiger partial charge on any atom is 0.242 e. The molecule has 0 bridgehead atoms. The molecule has 0 heterocycles. The van der Waals surface area contributed by atoms with Crippen LogP contribution in [0, 0.1) is 5.82 Å². The Bertz CT molecular complexity index is 838. The van der Waals surface area contributed by atoms with Crippen molar-refractivity contribution in [3.05, 3.63) is 69.5 Å². The quantitative estimate of drug-likeness (QED) is 0.629. The fourth-order valence-electron chi connectivity index (χ4n) is 2.79. The number of hydrogen-bond donors (Lipinski definition) is 1. The molecular formula is C22H25Cl2FN2O2. The number of benzene rings is 2. The molecule has 0 saturated carbocycles. The molecule has 0 radical (unpaired) electrons. The Morgan fingerprint density at radius 1 is 1.10 bits per heavy atom. The van der Waals surface area contributed by atoms with Crippen molar-refractivity contribution in [2.45, 2.75) is 52.2 Å². The molecule has 0 fully saturated rings. The van der Waals surface area contributed by atoms with Crippen molar-refractivity contribution in [2.24, 2.45) is 0 Å². The molecule has 0 saturated heterocycles. The third-order valence-corrected chi connectivity index (χ3v) is 5.43. The topological polar surface area (TPSA) is 49.4 Å². The zero-order valence-electron chi connectivity index (χ0n) is 16.7. The Hall–Kier alpha value is -2.11. The van der Waals surface area contributed by atoms with E-state index in [-0.39, 0.29) is 35.5 Å². The van der Waals surface area contributed by atoms with Gasteiger partial charge >= 0.3 is 0 Å². The third kappa shape index (κ3) is 6.44. The molecule has 4 nitrogen and oxygen atoms in total. The van der Waals surface area contributed by atoms with E-state index in [1.807, 2.05) is 13.8 Å². The van der Waals surface area contributed by atoms with Crippen LogP contribution in [0.2, 0.25) is 10.0 Å². The van der Waals surface area contributed by atoms with Gasteiger partial charge in [0.2, 0.25) is 11.8 Å². The summed E-state index contributed by atoms with van der Waals surface area (Å²) in [4.78, 5) is 27.2. The predicted octanol–water partition coefficient (Wildman–Crippen LogP) is 5.01. The van der Waals surface area contributed by atoms with E-state index >= 15 is 0 Å². The van der Waals surface area contributed by atoms with Gasteiger partial charge in [-0.15, -0.1) is 0 Å². The number of carbonyl (C=O) groups excluding carboxylic acids is 2. The van der Waals surface area contributed by atoms with E-state index in [4.69, 9.17) is 23.2 Å². The number of rotatable bonds is 8. The first-order chi connectivity index (χ1) is 13.7. The van der Waals surface area contributed by atoms with Crippen LogP contribution in [0.1, 0.15) is 38.3 Å². The van der Waals surface area contributed by atoms with Gasteiger partial charge in [-0.2, -0.15) is 0 Å². The average molecular weight is 439 g/mol. The van der Waals surface area contributed by atoms with Crippen LogP contribution in [0.5, 0.6) is 0 Å². The van der Waals surface area contributed by atoms with Gasteiger partial charge in [0.15, 0.2) is 0 Å². The van der Waals surface area contributed by atoms with Crippen LogP contribution >= 0.6 is 23.2 Å². The van der Waals surface area contributed by atoms with E-state index in [2.05, 4.69) is 5.32 Å². The molecule has 0 aliphatic carbocycles. The van der Waals surface area contributed by atoms with Crippen molar-refractivity contribution >= 4 is 35.0 Å². The highest BCUT2D eigenvalue weighted by atomic mass is 35.5. The summed E-state index contributed by atoms with van der Waals surface area (Å²) in [6.07, 6.45) is 0.536. The summed E-state index contributed by atoms with van der Waals surface area (Å²) >= 11 is 12.0. The van der Waals surface area contributed by atoms with E-state index in [0.29, 0.717) is 5.02 Å². The predicted molar refractivity (Wildman–Crippen MR) is 114 cm³/mol. The van der Waals surface area contributed by atoms with Crippen LogP contribution in [0.4, 0.5) is 4.39 Å². The van der Waals surface area contributed by atoms with Crippen molar-refractivity contribution in [3.63, 3.8) is 0 Å². The molecule has 2 aromatic rings. The molecule has 2 atom stereocenters. The SMILES string of the molecule is CC[C@@H](C)NC(=O)[C@@H](C)N(Cc1ccc(Cl)cc1)C(=O)Cc1c(F)cccc1Cl. The summed E-state index contributed by atoms with van der Waals surface area (Å²) in [6, 6.07) is 10.5. The van der Waals surface area contributed by atoms with E-state index in [0.717, 1.165) is 12.0 Å². The highest BCUT2D eigenvalue weighted by molar-refractivity contribution is 6.31. The number of nitrogens with zero attached hydrogens (tertiary/aromatic N) is 1. The van der Waals surface area contributed by atoms with Crippen LogP contribution < -0.4 is 5.32 Å². The van der Waals surface area contributed by atoms with Gasteiger partial charge in [-0.25, -0.2) is 4.39 Å². The van der Waals surface area contributed by atoms with E-state index in [1.165, 1.54) is 23.1 Å². The fraction of sp³-hybridized carbons (Fsp3) is 0.364. The Morgan fingerprint density at radius 2 is 1.76 bits per heavy atom. The second kappa shape index (κ2) is 10.6. The van der Waals surface area contributed by atoms with Gasteiger partial charge in [0.1, 0.15) is 11.9 Å². The van der Waals surface area contributed by atoms with Crippen LogP contribution in [0.25, 0.3) is 0 Å². The summed E-state index contributed by atoms with van der Waals surface area (Å²) in [6.45, 7) is 5.72. The molecule has 0 aromatic heterocycles. The monoisotopic (exact) mass is 438 g/mol. The highest BCUT2D eigenvalue weighted by Crippen LogP contribution is 2.22. The van der Waals surface area contributed by atoms with E-state index < -0.39 is 17.8 Å². The second-order valence-corrected chi connectivity index (χ2v) is 7.86. The molecule has 7 heteroatoms. The van der Waals surface area contributed by atoms with Crippen molar-refractivity contribution in [3.8, 4) is 0 Å². The largest absolute Gasteiger partial charge is 0.352 e. The molecular weight excluding hydrogens is 414 g/mol. The summed E-state index contributed by atoms with van der Waals surface area (Å²) in [5, 5.41) is 3.65.